The molecule has 0 bridgehead atoms. The van der Waals surface area contributed by atoms with Crippen molar-refractivity contribution in [3.63, 3.8) is 0 Å². The van der Waals surface area contributed by atoms with Gasteiger partial charge in [0.15, 0.2) is 11.5 Å². The summed E-state index contributed by atoms with van der Waals surface area (Å²) in [5.41, 5.74) is 3.79. The minimum atomic E-state index is -0.0807. The highest BCUT2D eigenvalue weighted by Crippen LogP contribution is 2.37. The van der Waals surface area contributed by atoms with E-state index in [1.807, 2.05) is 30.3 Å². The number of nitrogens with two attached hydrogens (primary N) is 1. The van der Waals surface area contributed by atoms with Crippen LogP contribution in [-0.2, 0) is 6.42 Å². The number of benzene rings is 1. The molecule has 100 valence electrons. The second-order valence-electron chi connectivity index (χ2n) is 4.37. The molecule has 1 atom stereocenters. The zero-order valence-corrected chi connectivity index (χ0v) is 10.5. The van der Waals surface area contributed by atoms with Gasteiger partial charge in [0, 0.05) is 12.0 Å². The van der Waals surface area contributed by atoms with Gasteiger partial charge < -0.3 is 13.9 Å². The Morgan fingerprint density at radius 3 is 2.84 bits per heavy atom. The Labute approximate surface area is 111 Å². The minimum absolute atomic E-state index is 0.0807. The Kier molecular flexibility index (Phi) is 3.39. The summed E-state index contributed by atoms with van der Waals surface area (Å²) in [5, 5.41) is 0. The molecule has 1 aliphatic rings. The fraction of sp³-hybridized carbons (Fsp3) is 0.286. The van der Waals surface area contributed by atoms with Crippen LogP contribution >= 0.6 is 0 Å². The largest absolute Gasteiger partial charge is 0.486 e. The van der Waals surface area contributed by atoms with Crippen LogP contribution in [0.25, 0.3) is 0 Å². The molecule has 0 aliphatic carbocycles. The molecule has 3 rings (SSSR count). The van der Waals surface area contributed by atoms with Crippen molar-refractivity contribution in [2.45, 2.75) is 12.5 Å². The lowest BCUT2D eigenvalue weighted by Crippen LogP contribution is -2.30. The summed E-state index contributed by atoms with van der Waals surface area (Å²) in [5.74, 6) is 8.07. The third-order valence-electron chi connectivity index (χ3n) is 3.16. The molecule has 0 saturated carbocycles. The van der Waals surface area contributed by atoms with E-state index in [0.717, 1.165) is 22.8 Å². The van der Waals surface area contributed by atoms with Crippen LogP contribution in [0.2, 0.25) is 0 Å². The lowest BCUT2D eigenvalue weighted by atomic mass is 10.0. The quantitative estimate of drug-likeness (QED) is 0.648. The molecule has 1 unspecified atom stereocenters. The molecule has 0 spiro atoms. The van der Waals surface area contributed by atoms with Gasteiger partial charge in [-0.05, 0) is 18.2 Å². The molecule has 0 fully saturated rings. The van der Waals surface area contributed by atoms with Gasteiger partial charge in [-0.2, -0.15) is 0 Å². The molecule has 3 N–H and O–H groups in total. The Balaban J connectivity index is 1.90. The van der Waals surface area contributed by atoms with Crippen molar-refractivity contribution in [1.82, 2.24) is 5.43 Å². The number of furan rings is 1. The average molecular weight is 260 g/mol. The maximum Gasteiger partial charge on any atom is 0.166 e. The standard InChI is InChI=1S/C14H16N2O3/c15-16-12(9-10-3-2-6-17-10)11-4-1-5-13-14(11)19-8-7-18-13/h1-6,12,16H,7-9,15H2. The van der Waals surface area contributed by atoms with Gasteiger partial charge in [-0.25, -0.2) is 0 Å². The van der Waals surface area contributed by atoms with Crippen LogP contribution in [0.3, 0.4) is 0 Å². The summed E-state index contributed by atoms with van der Waals surface area (Å²) in [4.78, 5) is 0. The molecule has 0 amide bonds. The number of ether oxygens (including phenoxy) is 2. The van der Waals surface area contributed by atoms with Crippen LogP contribution in [0, 0.1) is 0 Å². The monoisotopic (exact) mass is 260 g/mol. The van der Waals surface area contributed by atoms with Gasteiger partial charge >= 0.3 is 0 Å². The predicted molar refractivity (Wildman–Crippen MR) is 69.9 cm³/mol. The first-order chi connectivity index (χ1) is 9.38. The molecule has 1 aliphatic heterocycles. The van der Waals surface area contributed by atoms with Gasteiger partial charge in [-0.1, -0.05) is 12.1 Å². The van der Waals surface area contributed by atoms with Gasteiger partial charge in [0.1, 0.15) is 19.0 Å². The molecule has 1 aromatic heterocycles. The fourth-order valence-corrected chi connectivity index (χ4v) is 2.26. The summed E-state index contributed by atoms with van der Waals surface area (Å²) in [7, 11) is 0. The van der Waals surface area contributed by atoms with Crippen molar-refractivity contribution in [2.75, 3.05) is 13.2 Å². The normalized spacial score (nSPS) is 15.2. The van der Waals surface area contributed by atoms with Gasteiger partial charge in [0.25, 0.3) is 0 Å². The number of hydrogen-bond acceptors (Lipinski definition) is 5. The van der Waals surface area contributed by atoms with E-state index in [1.165, 1.54) is 0 Å². The molecule has 5 heteroatoms. The molecule has 19 heavy (non-hydrogen) atoms. The van der Waals surface area contributed by atoms with Crippen LogP contribution in [0.5, 0.6) is 11.5 Å². The Bertz CT molecular complexity index is 540. The Hall–Kier alpha value is -1.98. The summed E-state index contributed by atoms with van der Waals surface area (Å²) < 4.78 is 16.6. The van der Waals surface area contributed by atoms with E-state index in [4.69, 9.17) is 19.7 Å². The number of nitrogens with one attached hydrogen (secondary N) is 1. The zero-order chi connectivity index (χ0) is 13.1. The van der Waals surface area contributed by atoms with Crippen molar-refractivity contribution in [3.8, 4) is 11.5 Å². The first-order valence-corrected chi connectivity index (χ1v) is 6.25. The number of hydrogen-bond donors (Lipinski definition) is 2. The number of hydrazine groups is 1. The van der Waals surface area contributed by atoms with Crippen molar-refractivity contribution < 1.29 is 13.9 Å². The molecule has 0 radical (unpaired) electrons. The zero-order valence-electron chi connectivity index (χ0n) is 10.5. The Morgan fingerprint density at radius 1 is 1.16 bits per heavy atom. The first kappa shape index (κ1) is 12.1. The second-order valence-corrected chi connectivity index (χ2v) is 4.37. The summed E-state index contributed by atoms with van der Waals surface area (Å²) in [6.45, 7) is 1.14. The molecule has 5 nitrogen and oxygen atoms in total. The van der Waals surface area contributed by atoms with E-state index in [0.29, 0.717) is 19.6 Å². The van der Waals surface area contributed by atoms with Gasteiger partial charge in [-0.3, -0.25) is 11.3 Å². The SMILES string of the molecule is NNC(Cc1ccco1)c1cccc2c1OCCO2. The minimum Gasteiger partial charge on any atom is -0.486 e. The third-order valence-corrected chi connectivity index (χ3v) is 3.16. The average Bonchev–Trinajstić information content (AvgIpc) is 2.97. The number of para-hydroxylation sites is 1. The van der Waals surface area contributed by atoms with Gasteiger partial charge in [-0.15, -0.1) is 0 Å². The number of rotatable bonds is 4. The fourth-order valence-electron chi connectivity index (χ4n) is 2.26. The van der Waals surface area contributed by atoms with Crippen LogP contribution in [0.15, 0.2) is 41.0 Å². The topological polar surface area (TPSA) is 69.7 Å². The molecule has 2 aromatic rings. The molecule has 0 saturated heterocycles. The summed E-state index contributed by atoms with van der Waals surface area (Å²) in [6.07, 6.45) is 2.31. The van der Waals surface area contributed by atoms with E-state index in [9.17, 15) is 0 Å². The summed E-state index contributed by atoms with van der Waals surface area (Å²) in [6, 6.07) is 9.54. The van der Waals surface area contributed by atoms with Crippen molar-refractivity contribution in [2.24, 2.45) is 5.84 Å². The Morgan fingerprint density at radius 2 is 2.05 bits per heavy atom. The van der Waals surface area contributed by atoms with E-state index in [2.05, 4.69) is 5.43 Å². The molecule has 2 heterocycles. The van der Waals surface area contributed by atoms with E-state index >= 15 is 0 Å². The van der Waals surface area contributed by atoms with E-state index < -0.39 is 0 Å². The lowest BCUT2D eigenvalue weighted by Gasteiger charge is -2.24. The van der Waals surface area contributed by atoms with Crippen molar-refractivity contribution >= 4 is 0 Å². The molecular formula is C14H16N2O3. The van der Waals surface area contributed by atoms with Crippen LogP contribution < -0.4 is 20.7 Å². The first-order valence-electron chi connectivity index (χ1n) is 6.25. The molecular weight excluding hydrogens is 244 g/mol. The van der Waals surface area contributed by atoms with Crippen LogP contribution in [-0.4, -0.2) is 13.2 Å². The van der Waals surface area contributed by atoms with Gasteiger partial charge in [0.2, 0.25) is 0 Å². The smallest absolute Gasteiger partial charge is 0.166 e. The maximum absolute atomic E-state index is 5.71. The lowest BCUT2D eigenvalue weighted by molar-refractivity contribution is 0.168. The highest BCUT2D eigenvalue weighted by molar-refractivity contribution is 5.49. The van der Waals surface area contributed by atoms with E-state index in [-0.39, 0.29) is 6.04 Å². The van der Waals surface area contributed by atoms with Crippen molar-refractivity contribution in [1.29, 1.82) is 0 Å². The predicted octanol–water partition coefficient (Wildman–Crippen LogP) is 1.80. The maximum atomic E-state index is 5.71. The van der Waals surface area contributed by atoms with Crippen molar-refractivity contribution in [3.05, 3.63) is 47.9 Å². The van der Waals surface area contributed by atoms with Gasteiger partial charge in [0.05, 0.1) is 12.3 Å². The second kappa shape index (κ2) is 5.34. The van der Waals surface area contributed by atoms with Crippen LogP contribution in [0.1, 0.15) is 17.4 Å². The van der Waals surface area contributed by atoms with Crippen LogP contribution in [0.4, 0.5) is 0 Å². The molecule has 1 aromatic carbocycles. The number of fused-ring (bicyclic) bond motifs is 1. The highest BCUT2D eigenvalue weighted by Gasteiger charge is 2.22. The summed E-state index contributed by atoms with van der Waals surface area (Å²) >= 11 is 0. The third kappa shape index (κ3) is 2.43. The van der Waals surface area contributed by atoms with E-state index in [1.54, 1.807) is 6.26 Å². The highest BCUT2D eigenvalue weighted by atomic mass is 16.6.